The molecule has 0 atom stereocenters. The predicted octanol–water partition coefficient (Wildman–Crippen LogP) is 3.76. The molecule has 2 amide bonds. The van der Waals surface area contributed by atoms with Crippen molar-refractivity contribution in [1.82, 2.24) is 5.32 Å². The Kier molecular flexibility index (Phi) is 6.31. The van der Waals surface area contributed by atoms with E-state index >= 15 is 0 Å². The normalized spacial score (nSPS) is 10.3. The fourth-order valence-corrected chi connectivity index (χ4v) is 2.72. The summed E-state index contributed by atoms with van der Waals surface area (Å²) in [7, 11) is 1.24. The topological polar surface area (TPSA) is 97.6 Å². The molecule has 0 saturated carbocycles. The van der Waals surface area contributed by atoms with E-state index in [1.807, 2.05) is 12.1 Å². The fourth-order valence-electron chi connectivity index (χ4n) is 2.49. The lowest BCUT2D eigenvalue weighted by Gasteiger charge is -2.06. The molecular formula is C21H17ClN2O5. The lowest BCUT2D eigenvalue weighted by atomic mass is 10.2. The van der Waals surface area contributed by atoms with Gasteiger partial charge in [-0.25, -0.2) is 0 Å². The van der Waals surface area contributed by atoms with Gasteiger partial charge in [0.15, 0.2) is 5.76 Å². The number of rotatable bonds is 6. The zero-order valence-corrected chi connectivity index (χ0v) is 16.2. The number of benzene rings is 2. The Labute approximate surface area is 171 Å². The van der Waals surface area contributed by atoms with Gasteiger partial charge in [0.05, 0.1) is 12.1 Å². The molecular weight excluding hydrogens is 396 g/mol. The van der Waals surface area contributed by atoms with Crippen LogP contribution in [0.2, 0.25) is 5.02 Å². The van der Waals surface area contributed by atoms with Crippen molar-refractivity contribution >= 4 is 35.1 Å². The van der Waals surface area contributed by atoms with Crippen LogP contribution in [0.4, 0.5) is 5.69 Å². The largest absolute Gasteiger partial charge is 0.468 e. The molecule has 3 rings (SSSR count). The van der Waals surface area contributed by atoms with Gasteiger partial charge in [-0.3, -0.25) is 14.4 Å². The van der Waals surface area contributed by atoms with Crippen molar-refractivity contribution in [2.45, 2.75) is 0 Å². The van der Waals surface area contributed by atoms with Gasteiger partial charge < -0.3 is 19.8 Å². The SMILES string of the molecule is COC(=O)CNC(=O)c1ccc(NC(=O)c2ccc(-c3ccccc3Cl)o2)cc1. The van der Waals surface area contributed by atoms with Gasteiger partial charge in [0, 0.05) is 16.8 Å². The number of nitrogens with one attached hydrogen (secondary N) is 2. The monoisotopic (exact) mass is 412 g/mol. The van der Waals surface area contributed by atoms with Crippen LogP contribution in [0.15, 0.2) is 65.1 Å². The minimum atomic E-state index is -0.545. The van der Waals surface area contributed by atoms with Crippen LogP contribution < -0.4 is 10.6 Å². The van der Waals surface area contributed by atoms with Crippen molar-refractivity contribution in [2.24, 2.45) is 0 Å². The second kappa shape index (κ2) is 9.07. The number of halogens is 1. The predicted molar refractivity (Wildman–Crippen MR) is 108 cm³/mol. The average Bonchev–Trinajstić information content (AvgIpc) is 3.22. The minimum Gasteiger partial charge on any atom is -0.468 e. The van der Waals surface area contributed by atoms with E-state index in [0.717, 1.165) is 0 Å². The number of hydrogen-bond donors (Lipinski definition) is 2. The molecule has 0 saturated heterocycles. The van der Waals surface area contributed by atoms with Gasteiger partial charge in [0.2, 0.25) is 0 Å². The number of carbonyl (C=O) groups excluding carboxylic acids is 3. The quantitative estimate of drug-likeness (QED) is 0.601. The van der Waals surface area contributed by atoms with Crippen molar-refractivity contribution in [3.8, 4) is 11.3 Å². The van der Waals surface area contributed by atoms with Crippen LogP contribution in [0.3, 0.4) is 0 Å². The second-order valence-electron chi connectivity index (χ2n) is 5.93. The van der Waals surface area contributed by atoms with Gasteiger partial charge in [-0.15, -0.1) is 0 Å². The van der Waals surface area contributed by atoms with Crippen molar-refractivity contribution in [2.75, 3.05) is 19.0 Å². The molecule has 29 heavy (non-hydrogen) atoms. The second-order valence-corrected chi connectivity index (χ2v) is 6.34. The van der Waals surface area contributed by atoms with Gasteiger partial charge in [-0.2, -0.15) is 0 Å². The van der Waals surface area contributed by atoms with E-state index < -0.39 is 17.8 Å². The third kappa shape index (κ3) is 5.03. The van der Waals surface area contributed by atoms with Crippen LogP contribution in [0.25, 0.3) is 11.3 Å². The molecule has 2 aromatic carbocycles. The zero-order chi connectivity index (χ0) is 20.8. The molecule has 0 aliphatic rings. The third-order valence-corrected chi connectivity index (χ3v) is 4.32. The molecule has 0 radical (unpaired) electrons. The standard InChI is InChI=1S/C21H17ClN2O5/c1-28-19(25)12-23-20(26)13-6-8-14(9-7-13)24-21(27)18-11-10-17(29-18)15-4-2-3-5-16(15)22/h2-11H,12H2,1H3,(H,23,26)(H,24,27). The number of methoxy groups -OCH3 is 1. The first kappa shape index (κ1) is 20.2. The van der Waals surface area contributed by atoms with E-state index in [4.69, 9.17) is 16.0 Å². The summed E-state index contributed by atoms with van der Waals surface area (Å²) in [5.74, 6) is -0.801. The van der Waals surface area contributed by atoms with Crippen LogP contribution in [0.1, 0.15) is 20.9 Å². The van der Waals surface area contributed by atoms with Crippen molar-refractivity contribution in [3.63, 3.8) is 0 Å². The Morgan fingerprint density at radius 1 is 0.966 bits per heavy atom. The van der Waals surface area contributed by atoms with Crippen molar-refractivity contribution in [1.29, 1.82) is 0 Å². The molecule has 1 heterocycles. The van der Waals surface area contributed by atoms with E-state index in [9.17, 15) is 14.4 Å². The average molecular weight is 413 g/mol. The molecule has 0 unspecified atom stereocenters. The molecule has 0 aliphatic heterocycles. The van der Waals surface area contributed by atoms with Gasteiger partial charge >= 0.3 is 5.97 Å². The summed E-state index contributed by atoms with van der Waals surface area (Å²) >= 11 is 6.15. The molecule has 0 fully saturated rings. The number of hydrogen-bond acceptors (Lipinski definition) is 5. The number of ether oxygens (including phenoxy) is 1. The van der Waals surface area contributed by atoms with E-state index in [0.29, 0.717) is 27.6 Å². The fraction of sp³-hybridized carbons (Fsp3) is 0.0952. The molecule has 8 heteroatoms. The van der Waals surface area contributed by atoms with Gasteiger partial charge in [0.25, 0.3) is 11.8 Å². The highest BCUT2D eigenvalue weighted by atomic mass is 35.5. The zero-order valence-electron chi connectivity index (χ0n) is 15.4. The summed E-state index contributed by atoms with van der Waals surface area (Å²) < 4.78 is 10.1. The smallest absolute Gasteiger partial charge is 0.325 e. The third-order valence-electron chi connectivity index (χ3n) is 4.00. The van der Waals surface area contributed by atoms with E-state index in [2.05, 4.69) is 15.4 Å². The maximum Gasteiger partial charge on any atom is 0.325 e. The number of anilines is 1. The highest BCUT2D eigenvalue weighted by Crippen LogP contribution is 2.29. The van der Waals surface area contributed by atoms with Crippen LogP contribution in [-0.4, -0.2) is 31.4 Å². The molecule has 0 bridgehead atoms. The summed E-state index contributed by atoms with van der Waals surface area (Å²) in [6.07, 6.45) is 0. The lowest BCUT2D eigenvalue weighted by Crippen LogP contribution is -2.30. The Hall–Kier alpha value is -3.58. The Morgan fingerprint density at radius 3 is 2.38 bits per heavy atom. The number of amides is 2. The number of esters is 1. The summed E-state index contributed by atoms with van der Waals surface area (Å²) in [6.45, 7) is -0.222. The lowest BCUT2D eigenvalue weighted by molar-refractivity contribution is -0.139. The highest BCUT2D eigenvalue weighted by molar-refractivity contribution is 6.33. The first-order valence-corrected chi connectivity index (χ1v) is 8.97. The van der Waals surface area contributed by atoms with Gasteiger partial charge in [-0.05, 0) is 48.5 Å². The van der Waals surface area contributed by atoms with E-state index in [1.165, 1.54) is 19.2 Å². The molecule has 2 N–H and O–H groups in total. The summed E-state index contributed by atoms with van der Waals surface area (Å²) in [5.41, 5.74) is 1.51. The molecule has 148 valence electrons. The first-order chi connectivity index (χ1) is 14.0. The van der Waals surface area contributed by atoms with Crippen molar-refractivity contribution in [3.05, 3.63) is 77.0 Å². The molecule has 0 spiro atoms. The van der Waals surface area contributed by atoms with Crippen LogP contribution in [0.5, 0.6) is 0 Å². The van der Waals surface area contributed by atoms with Crippen molar-refractivity contribution < 1.29 is 23.5 Å². The van der Waals surface area contributed by atoms with Crippen LogP contribution in [-0.2, 0) is 9.53 Å². The molecule has 7 nitrogen and oxygen atoms in total. The molecule has 0 aliphatic carbocycles. The highest BCUT2D eigenvalue weighted by Gasteiger charge is 2.14. The van der Waals surface area contributed by atoms with Crippen LogP contribution >= 0.6 is 11.6 Å². The maximum absolute atomic E-state index is 12.4. The van der Waals surface area contributed by atoms with E-state index in [-0.39, 0.29) is 12.3 Å². The Balaban J connectivity index is 1.63. The van der Waals surface area contributed by atoms with Gasteiger partial charge in [-0.1, -0.05) is 23.7 Å². The Morgan fingerprint density at radius 2 is 1.69 bits per heavy atom. The molecule has 1 aromatic heterocycles. The number of carbonyl (C=O) groups is 3. The van der Waals surface area contributed by atoms with E-state index in [1.54, 1.807) is 36.4 Å². The van der Waals surface area contributed by atoms with Gasteiger partial charge in [0.1, 0.15) is 12.3 Å². The summed E-state index contributed by atoms with van der Waals surface area (Å²) in [4.78, 5) is 35.4. The maximum atomic E-state index is 12.4. The summed E-state index contributed by atoms with van der Waals surface area (Å²) in [6, 6.07) is 16.6. The first-order valence-electron chi connectivity index (χ1n) is 8.59. The van der Waals surface area contributed by atoms with Crippen LogP contribution in [0, 0.1) is 0 Å². The Bertz CT molecular complexity index is 1040. The minimum absolute atomic E-state index is 0.125. The summed E-state index contributed by atoms with van der Waals surface area (Å²) in [5, 5.41) is 5.65. The molecule has 3 aromatic rings. The number of furan rings is 1.